The van der Waals surface area contributed by atoms with Crippen LogP contribution < -0.4 is 15.3 Å². The Morgan fingerprint density at radius 1 is 1.07 bits per heavy atom. The van der Waals surface area contributed by atoms with Crippen LogP contribution >= 0.6 is 0 Å². The van der Waals surface area contributed by atoms with Crippen molar-refractivity contribution in [2.45, 2.75) is 50.7 Å². The molecule has 1 atom stereocenters. The molecular formula is C28H33F3N6O3. The first kappa shape index (κ1) is 29.1. The van der Waals surface area contributed by atoms with Gasteiger partial charge < -0.3 is 25.4 Å². The zero-order chi connectivity index (χ0) is 28.9. The molecule has 0 bridgehead atoms. The molecule has 1 aliphatic rings. The maximum atomic E-state index is 13.6. The average Bonchev–Trinajstić information content (AvgIpc) is 3.36. The van der Waals surface area contributed by atoms with Crippen LogP contribution in [0.5, 0.6) is 0 Å². The number of alkyl halides is 3. The monoisotopic (exact) mass is 558 g/mol. The van der Waals surface area contributed by atoms with Crippen LogP contribution in [0, 0.1) is 5.92 Å². The summed E-state index contributed by atoms with van der Waals surface area (Å²) in [6.07, 6.45) is 0.748. The number of nitrogens with zero attached hydrogens (tertiary/aromatic N) is 4. The van der Waals surface area contributed by atoms with Gasteiger partial charge in [-0.25, -0.2) is 0 Å². The third kappa shape index (κ3) is 7.81. The summed E-state index contributed by atoms with van der Waals surface area (Å²) < 4.78 is 47.6. The molecule has 3 amide bonds. The van der Waals surface area contributed by atoms with Crippen molar-refractivity contribution in [3.8, 4) is 0 Å². The smallest absolute Gasteiger partial charge is 0.416 e. The van der Waals surface area contributed by atoms with E-state index in [0.717, 1.165) is 44.4 Å². The molecule has 0 spiro atoms. The number of nitrogens with one attached hydrogen (secondary N) is 2. The Bertz CT molecular complexity index is 1300. The Morgan fingerprint density at radius 2 is 1.73 bits per heavy atom. The Hall–Kier alpha value is -3.93. The summed E-state index contributed by atoms with van der Waals surface area (Å²) in [4.78, 5) is 27.5. The first-order chi connectivity index (χ1) is 19.0. The van der Waals surface area contributed by atoms with E-state index in [2.05, 4.69) is 40.2 Å². The molecule has 1 aliphatic carbocycles. The molecule has 0 aliphatic heterocycles. The summed E-state index contributed by atoms with van der Waals surface area (Å²) in [7, 11) is 4.11. The highest BCUT2D eigenvalue weighted by Crippen LogP contribution is 2.34. The number of hydrogen-bond donors (Lipinski definition) is 2. The van der Waals surface area contributed by atoms with Crippen LogP contribution in [0.2, 0.25) is 0 Å². The van der Waals surface area contributed by atoms with Gasteiger partial charge in [-0.15, -0.1) is 0 Å². The molecule has 12 heteroatoms. The minimum Gasteiger partial charge on any atom is -0.424 e. The molecule has 0 radical (unpaired) electrons. The van der Waals surface area contributed by atoms with Gasteiger partial charge in [0.05, 0.1) is 11.5 Å². The van der Waals surface area contributed by atoms with Gasteiger partial charge in [0.15, 0.2) is 17.3 Å². The van der Waals surface area contributed by atoms with Crippen molar-refractivity contribution in [3.63, 3.8) is 0 Å². The highest BCUT2D eigenvalue weighted by Gasteiger charge is 2.32. The third-order valence-electron chi connectivity index (χ3n) is 6.97. The number of amides is 3. The predicted molar refractivity (Wildman–Crippen MR) is 143 cm³/mol. The van der Waals surface area contributed by atoms with Gasteiger partial charge in [-0.1, -0.05) is 35.0 Å². The molecule has 9 nitrogen and oxygen atoms in total. The second-order valence-electron chi connectivity index (χ2n) is 10.4. The van der Waals surface area contributed by atoms with E-state index in [1.807, 2.05) is 0 Å². The molecule has 4 rings (SSSR count). The van der Waals surface area contributed by atoms with Gasteiger partial charge >= 0.3 is 6.18 Å². The van der Waals surface area contributed by atoms with Crippen molar-refractivity contribution in [1.82, 2.24) is 10.2 Å². The maximum Gasteiger partial charge on any atom is 0.416 e. The molecule has 1 heterocycles. The molecule has 40 heavy (non-hydrogen) atoms. The normalized spacial score (nSPS) is 18.3. The molecule has 0 saturated heterocycles. The fourth-order valence-corrected chi connectivity index (χ4v) is 4.91. The Labute approximate surface area is 230 Å². The quantitative estimate of drug-likeness (QED) is 0.318. The van der Waals surface area contributed by atoms with E-state index in [1.54, 1.807) is 41.9 Å². The van der Waals surface area contributed by atoms with Gasteiger partial charge in [-0.3, -0.25) is 9.59 Å². The minimum absolute atomic E-state index is 0.0647. The fourth-order valence-electron chi connectivity index (χ4n) is 4.91. The summed E-state index contributed by atoms with van der Waals surface area (Å²) in [5, 5.41) is 12.6. The average molecular weight is 559 g/mol. The summed E-state index contributed by atoms with van der Waals surface area (Å²) >= 11 is 0. The van der Waals surface area contributed by atoms with Gasteiger partial charge in [-0.05, 0) is 69.2 Å². The first-order valence-corrected chi connectivity index (χ1v) is 13.1. The van der Waals surface area contributed by atoms with Crippen molar-refractivity contribution in [2.75, 3.05) is 31.3 Å². The van der Waals surface area contributed by atoms with Crippen molar-refractivity contribution < 1.29 is 32.0 Å². The van der Waals surface area contributed by atoms with Crippen LogP contribution in [-0.2, 0) is 11.0 Å². The number of benzene rings is 2. The molecule has 1 unspecified atom stereocenters. The lowest BCUT2D eigenvalue weighted by molar-refractivity contribution is -0.787. The Kier molecular flexibility index (Phi) is 9.08. The third-order valence-corrected chi connectivity index (χ3v) is 6.97. The second-order valence-corrected chi connectivity index (χ2v) is 10.4. The molecular weight excluding hydrogens is 525 g/mol. The van der Waals surface area contributed by atoms with Crippen LogP contribution in [-0.4, -0.2) is 42.7 Å². The van der Waals surface area contributed by atoms with E-state index < -0.39 is 29.6 Å². The molecule has 1 fully saturated rings. The van der Waals surface area contributed by atoms with Crippen molar-refractivity contribution >= 4 is 29.2 Å². The van der Waals surface area contributed by atoms with Crippen molar-refractivity contribution in [1.29, 1.82) is 0 Å². The largest absolute Gasteiger partial charge is 0.424 e. The SMILES string of the molecule is CC(C(=O)Nc1cc(NC(=O)[N-]c2c[n+](C3CCC(CN(C)C)CC3)no2)cc(C(F)(F)F)c1)c1ccccc1. The van der Waals surface area contributed by atoms with Crippen molar-refractivity contribution in [2.24, 2.45) is 5.92 Å². The number of hydrogen-bond acceptors (Lipinski definition) is 5. The van der Waals surface area contributed by atoms with Crippen LogP contribution in [0.1, 0.15) is 55.7 Å². The van der Waals surface area contributed by atoms with Gasteiger partial charge in [0.25, 0.3) is 0 Å². The molecule has 1 saturated carbocycles. The van der Waals surface area contributed by atoms with Gasteiger partial charge in [0, 0.05) is 25.1 Å². The van der Waals surface area contributed by atoms with Crippen molar-refractivity contribution in [3.05, 3.63) is 71.2 Å². The predicted octanol–water partition coefficient (Wildman–Crippen LogP) is 6.25. The van der Waals surface area contributed by atoms with E-state index in [0.29, 0.717) is 11.5 Å². The summed E-state index contributed by atoms with van der Waals surface area (Å²) in [5.74, 6) is -0.540. The van der Waals surface area contributed by atoms with Gasteiger partial charge in [0.1, 0.15) is 0 Å². The lowest BCUT2D eigenvalue weighted by Gasteiger charge is -2.26. The second kappa shape index (κ2) is 12.5. The topological polar surface area (TPSA) is 105 Å². The summed E-state index contributed by atoms with van der Waals surface area (Å²) in [6.45, 7) is 2.68. The standard InChI is InChI=1S/C28H33F3N6O3/c1-18(20-7-5-4-6-8-20)26(38)32-22-13-21(28(29,30)31)14-23(15-22)33-27(39)34-25-17-37(35-40-25)24-11-9-19(10-12-24)16-36(2)3/h4-8,13-15,17-19,24H,9-12,16H2,1-3H3,(H2-,32,33,34,35,38,39). The lowest BCUT2D eigenvalue weighted by atomic mass is 9.86. The number of anilines is 2. The number of rotatable bonds is 8. The fraction of sp³-hybridized carbons (Fsp3) is 0.429. The van der Waals surface area contributed by atoms with E-state index in [4.69, 9.17) is 4.52 Å². The molecule has 2 N–H and O–H groups in total. The number of aromatic nitrogens is 2. The number of carbonyl (C=O) groups excluding carboxylic acids is 2. The molecule has 2 aromatic carbocycles. The molecule has 214 valence electrons. The van der Waals surface area contributed by atoms with Crippen LogP contribution in [0.25, 0.3) is 5.32 Å². The van der Waals surface area contributed by atoms with Gasteiger partial charge in [-0.2, -0.15) is 13.2 Å². The lowest BCUT2D eigenvalue weighted by Crippen LogP contribution is -2.43. The highest BCUT2D eigenvalue weighted by molar-refractivity contribution is 6.04. The molecule has 3 aromatic rings. The maximum absolute atomic E-state index is 13.6. The summed E-state index contributed by atoms with van der Waals surface area (Å²) in [5.41, 5.74) is -0.612. The minimum atomic E-state index is -4.70. The zero-order valence-electron chi connectivity index (χ0n) is 22.6. The van der Waals surface area contributed by atoms with E-state index >= 15 is 0 Å². The Morgan fingerprint density at radius 3 is 2.35 bits per heavy atom. The van der Waals surface area contributed by atoms with Crippen LogP contribution in [0.4, 0.5) is 35.2 Å². The van der Waals surface area contributed by atoms with Crippen LogP contribution in [0.15, 0.2) is 59.3 Å². The van der Waals surface area contributed by atoms with E-state index in [9.17, 15) is 22.8 Å². The molecule has 1 aromatic heterocycles. The number of urea groups is 1. The Balaban J connectivity index is 1.40. The van der Waals surface area contributed by atoms with Gasteiger partial charge in [0.2, 0.25) is 18.0 Å². The zero-order valence-corrected chi connectivity index (χ0v) is 22.6. The first-order valence-electron chi connectivity index (χ1n) is 13.1. The van der Waals surface area contributed by atoms with Crippen LogP contribution in [0.3, 0.4) is 0 Å². The highest BCUT2D eigenvalue weighted by atomic mass is 19.4. The van der Waals surface area contributed by atoms with E-state index in [1.165, 1.54) is 12.3 Å². The number of carbonyl (C=O) groups is 2. The van der Waals surface area contributed by atoms with E-state index in [-0.39, 0.29) is 23.3 Å². The number of halogens is 3. The summed E-state index contributed by atoms with van der Waals surface area (Å²) in [6, 6.07) is 10.9.